The summed E-state index contributed by atoms with van der Waals surface area (Å²) >= 11 is 3.78. The van der Waals surface area contributed by atoms with Crippen molar-refractivity contribution in [3.05, 3.63) is 33.8 Å². The first kappa shape index (κ1) is 20.7. The van der Waals surface area contributed by atoms with Gasteiger partial charge in [-0.15, -0.1) is 0 Å². The zero-order valence-electron chi connectivity index (χ0n) is 15.5. The second-order valence-electron chi connectivity index (χ2n) is 6.96. The minimum absolute atomic E-state index is 1.23. The van der Waals surface area contributed by atoms with Crippen LogP contribution in [0.3, 0.4) is 0 Å². The lowest BCUT2D eigenvalue weighted by Crippen LogP contribution is -1.92. The summed E-state index contributed by atoms with van der Waals surface area (Å²) in [6.07, 6.45) is 19.0. The van der Waals surface area contributed by atoms with E-state index in [0.717, 1.165) is 0 Å². The summed E-state index contributed by atoms with van der Waals surface area (Å²) in [5, 5.41) is 0. The predicted octanol–water partition coefficient (Wildman–Crippen LogP) is 8.26. The Kier molecular flexibility index (Phi) is 12.7. The Morgan fingerprint density at radius 3 is 1.74 bits per heavy atom. The van der Waals surface area contributed by atoms with Crippen molar-refractivity contribution >= 4 is 15.9 Å². The first-order chi connectivity index (χ1) is 11.3. The molecular weight excluding hydrogens is 344 g/mol. The minimum Gasteiger partial charge on any atom is -0.0654 e. The van der Waals surface area contributed by atoms with Gasteiger partial charge in [-0.05, 0) is 42.9 Å². The predicted molar refractivity (Wildman–Crippen MR) is 108 cm³/mol. The maximum Gasteiger partial charge on any atom is 0.0210 e. The maximum absolute atomic E-state index is 3.78. The van der Waals surface area contributed by atoms with Crippen LogP contribution in [-0.4, -0.2) is 0 Å². The van der Waals surface area contributed by atoms with Gasteiger partial charge in [0.1, 0.15) is 0 Å². The molecule has 0 spiro atoms. The number of hydrogen-bond donors (Lipinski definition) is 0. The molecule has 0 aliphatic carbocycles. The smallest absolute Gasteiger partial charge is 0.0210 e. The SMILES string of the molecule is CCCCCCCCc1ccc(CCCCCCCC)c(Br)c1. The van der Waals surface area contributed by atoms with Crippen LogP contribution in [0.25, 0.3) is 0 Å². The van der Waals surface area contributed by atoms with E-state index in [-0.39, 0.29) is 0 Å². The van der Waals surface area contributed by atoms with Gasteiger partial charge in [0.05, 0.1) is 0 Å². The zero-order valence-corrected chi connectivity index (χ0v) is 17.1. The van der Waals surface area contributed by atoms with Crippen LogP contribution in [0, 0.1) is 0 Å². The highest BCUT2D eigenvalue weighted by atomic mass is 79.9. The van der Waals surface area contributed by atoms with Gasteiger partial charge >= 0.3 is 0 Å². The van der Waals surface area contributed by atoms with Crippen molar-refractivity contribution in [2.45, 2.75) is 104 Å². The highest BCUT2D eigenvalue weighted by molar-refractivity contribution is 9.10. The van der Waals surface area contributed by atoms with Gasteiger partial charge in [0.25, 0.3) is 0 Å². The number of unbranched alkanes of at least 4 members (excludes halogenated alkanes) is 10. The lowest BCUT2D eigenvalue weighted by atomic mass is 10.0. The first-order valence-corrected chi connectivity index (χ1v) is 10.8. The van der Waals surface area contributed by atoms with Gasteiger partial charge in [-0.1, -0.05) is 106 Å². The van der Waals surface area contributed by atoms with Gasteiger partial charge in [0.15, 0.2) is 0 Å². The molecule has 23 heavy (non-hydrogen) atoms. The van der Waals surface area contributed by atoms with Gasteiger partial charge in [0, 0.05) is 4.47 Å². The summed E-state index contributed by atoms with van der Waals surface area (Å²) < 4.78 is 1.33. The van der Waals surface area contributed by atoms with Crippen LogP contribution in [0.4, 0.5) is 0 Å². The maximum atomic E-state index is 3.78. The standard InChI is InChI=1S/C22H37Br/c1-3-5-7-9-11-13-15-20-17-18-21(22(23)19-20)16-14-12-10-8-6-4-2/h17-19H,3-16H2,1-2H3. The van der Waals surface area contributed by atoms with Crippen LogP contribution in [0.5, 0.6) is 0 Å². The summed E-state index contributed by atoms with van der Waals surface area (Å²) in [4.78, 5) is 0. The third kappa shape index (κ3) is 10.2. The van der Waals surface area contributed by atoms with Crippen LogP contribution in [0.2, 0.25) is 0 Å². The quantitative estimate of drug-likeness (QED) is 0.285. The normalized spacial score (nSPS) is 11.1. The number of rotatable bonds is 14. The molecule has 0 heterocycles. The number of aryl methyl sites for hydroxylation is 2. The summed E-state index contributed by atoms with van der Waals surface area (Å²) in [5.74, 6) is 0. The van der Waals surface area contributed by atoms with Gasteiger partial charge in [0.2, 0.25) is 0 Å². The van der Waals surface area contributed by atoms with Crippen LogP contribution >= 0.6 is 15.9 Å². The molecular formula is C22H37Br. The first-order valence-electron chi connectivity index (χ1n) is 10.0. The monoisotopic (exact) mass is 380 g/mol. The highest BCUT2D eigenvalue weighted by Crippen LogP contribution is 2.22. The van der Waals surface area contributed by atoms with Crippen LogP contribution < -0.4 is 0 Å². The number of hydrogen-bond acceptors (Lipinski definition) is 0. The molecule has 0 aromatic heterocycles. The molecule has 0 aliphatic rings. The van der Waals surface area contributed by atoms with Crippen molar-refractivity contribution in [3.63, 3.8) is 0 Å². The number of halogens is 1. The minimum atomic E-state index is 1.23. The molecule has 0 aliphatic heterocycles. The molecule has 0 unspecified atom stereocenters. The zero-order chi connectivity index (χ0) is 16.8. The molecule has 0 radical (unpaired) electrons. The Morgan fingerprint density at radius 1 is 0.652 bits per heavy atom. The summed E-state index contributed by atoms with van der Waals surface area (Å²) in [6.45, 7) is 4.56. The number of benzene rings is 1. The van der Waals surface area contributed by atoms with Gasteiger partial charge in [-0.3, -0.25) is 0 Å². The summed E-state index contributed by atoms with van der Waals surface area (Å²) in [7, 11) is 0. The van der Waals surface area contributed by atoms with E-state index in [1.54, 1.807) is 0 Å². The molecule has 132 valence electrons. The molecule has 0 bridgehead atoms. The Morgan fingerprint density at radius 2 is 1.17 bits per heavy atom. The average molecular weight is 381 g/mol. The second-order valence-corrected chi connectivity index (χ2v) is 7.82. The van der Waals surface area contributed by atoms with E-state index in [4.69, 9.17) is 0 Å². The Balaban J connectivity index is 2.20. The van der Waals surface area contributed by atoms with Crippen LogP contribution in [-0.2, 0) is 12.8 Å². The lowest BCUT2D eigenvalue weighted by molar-refractivity contribution is 0.605. The van der Waals surface area contributed by atoms with E-state index in [1.165, 1.54) is 105 Å². The third-order valence-corrected chi connectivity index (χ3v) is 5.47. The van der Waals surface area contributed by atoms with Crippen molar-refractivity contribution < 1.29 is 0 Å². The third-order valence-electron chi connectivity index (χ3n) is 4.74. The highest BCUT2D eigenvalue weighted by Gasteiger charge is 2.02. The fraction of sp³-hybridized carbons (Fsp3) is 0.727. The second kappa shape index (κ2) is 14.1. The molecule has 0 nitrogen and oxygen atoms in total. The van der Waals surface area contributed by atoms with E-state index in [1.807, 2.05) is 0 Å². The molecule has 0 fully saturated rings. The van der Waals surface area contributed by atoms with E-state index in [2.05, 4.69) is 48.0 Å². The molecule has 0 N–H and O–H groups in total. The fourth-order valence-electron chi connectivity index (χ4n) is 3.15. The van der Waals surface area contributed by atoms with Crippen molar-refractivity contribution in [1.29, 1.82) is 0 Å². The van der Waals surface area contributed by atoms with Crippen molar-refractivity contribution in [3.8, 4) is 0 Å². The van der Waals surface area contributed by atoms with Crippen molar-refractivity contribution in [2.75, 3.05) is 0 Å². The summed E-state index contributed by atoms with van der Waals surface area (Å²) in [5.41, 5.74) is 2.99. The van der Waals surface area contributed by atoms with Crippen LogP contribution in [0.15, 0.2) is 22.7 Å². The fourth-order valence-corrected chi connectivity index (χ4v) is 3.78. The Hall–Kier alpha value is -0.300. The Labute approximate surface area is 153 Å². The van der Waals surface area contributed by atoms with Gasteiger partial charge < -0.3 is 0 Å². The molecule has 1 rings (SSSR count). The van der Waals surface area contributed by atoms with Gasteiger partial charge in [-0.2, -0.15) is 0 Å². The molecule has 0 saturated heterocycles. The Bertz CT molecular complexity index is 397. The largest absolute Gasteiger partial charge is 0.0654 e. The molecule has 1 aromatic rings. The topological polar surface area (TPSA) is 0 Å². The van der Waals surface area contributed by atoms with E-state index >= 15 is 0 Å². The summed E-state index contributed by atoms with van der Waals surface area (Å²) in [6, 6.07) is 7.06. The van der Waals surface area contributed by atoms with Crippen molar-refractivity contribution in [1.82, 2.24) is 0 Å². The molecule has 0 atom stereocenters. The van der Waals surface area contributed by atoms with Crippen molar-refractivity contribution in [2.24, 2.45) is 0 Å². The molecule has 1 heteroatoms. The molecule has 0 saturated carbocycles. The van der Waals surface area contributed by atoms with Crippen LogP contribution in [0.1, 0.15) is 102 Å². The molecule has 1 aromatic carbocycles. The van der Waals surface area contributed by atoms with E-state index < -0.39 is 0 Å². The van der Waals surface area contributed by atoms with E-state index in [0.29, 0.717) is 0 Å². The van der Waals surface area contributed by atoms with E-state index in [9.17, 15) is 0 Å². The lowest BCUT2D eigenvalue weighted by Gasteiger charge is -2.08. The molecule has 0 amide bonds. The van der Waals surface area contributed by atoms with Gasteiger partial charge in [-0.25, -0.2) is 0 Å². The average Bonchev–Trinajstić information content (AvgIpc) is 2.55.